The maximum Gasteiger partial charge on any atom is 0.422 e. The van der Waals surface area contributed by atoms with Crippen LogP contribution in [-0.2, 0) is 17.4 Å². The van der Waals surface area contributed by atoms with Gasteiger partial charge in [-0.1, -0.05) is 36.7 Å². The third-order valence-corrected chi connectivity index (χ3v) is 5.97. The van der Waals surface area contributed by atoms with Gasteiger partial charge < -0.3 is 14.6 Å². The number of aliphatic hydroxyl groups is 1. The number of hydrogen-bond acceptors (Lipinski definition) is 5. The molecule has 3 rings (SSSR count). The van der Waals surface area contributed by atoms with Crippen LogP contribution in [0.5, 0.6) is 0 Å². The fraction of sp³-hybridized carbons (Fsp3) is 0.318. The summed E-state index contributed by atoms with van der Waals surface area (Å²) in [6.45, 7) is 1.14. The van der Waals surface area contributed by atoms with E-state index in [9.17, 15) is 32.7 Å². The largest absolute Gasteiger partial charge is 0.481 e. The molecule has 0 spiro atoms. The van der Waals surface area contributed by atoms with E-state index < -0.39 is 47.2 Å². The van der Waals surface area contributed by atoms with Gasteiger partial charge in [0.15, 0.2) is 17.0 Å². The number of carbonyl (C=O) groups is 2. The van der Waals surface area contributed by atoms with E-state index in [1.54, 1.807) is 0 Å². The predicted octanol–water partition coefficient (Wildman–Crippen LogP) is 4.39. The molecule has 0 aliphatic carbocycles. The summed E-state index contributed by atoms with van der Waals surface area (Å²) in [6.07, 6.45) is -5.83. The molecule has 7 nitrogen and oxygen atoms in total. The minimum Gasteiger partial charge on any atom is -0.481 e. The molecule has 1 aromatic heterocycles. The predicted molar refractivity (Wildman–Crippen MR) is 112 cm³/mol. The van der Waals surface area contributed by atoms with Gasteiger partial charge in [-0.2, -0.15) is 13.2 Å². The number of carboxylic acid groups (broad SMARTS) is 1. The molecular weight excluding hydrogens is 467 g/mol. The van der Waals surface area contributed by atoms with Crippen LogP contribution in [0.4, 0.5) is 13.2 Å². The van der Waals surface area contributed by atoms with Crippen LogP contribution < -0.4 is 5.76 Å². The van der Waals surface area contributed by atoms with E-state index in [-0.39, 0.29) is 33.7 Å². The van der Waals surface area contributed by atoms with Crippen molar-refractivity contribution in [3.63, 3.8) is 0 Å². The summed E-state index contributed by atoms with van der Waals surface area (Å²) >= 11 is 6.19. The minimum atomic E-state index is -5.14. The number of hydrogen-bond donors (Lipinski definition) is 2. The smallest absolute Gasteiger partial charge is 0.422 e. The second-order valence-electron chi connectivity index (χ2n) is 7.65. The molecule has 0 saturated carbocycles. The second-order valence-corrected chi connectivity index (χ2v) is 8.06. The highest BCUT2D eigenvalue weighted by molar-refractivity contribution is 6.31. The SMILES string of the molecule is C[C@H](c1ccc(C(=O)CCC(=O)O)cc1Cl)[C@@](O)(c1ccc2oc(=O)n(C)c2c1)C(F)(F)F. The highest BCUT2D eigenvalue weighted by Gasteiger charge is 2.59. The molecule has 176 valence electrons. The lowest BCUT2D eigenvalue weighted by Gasteiger charge is -2.37. The molecule has 0 fully saturated rings. The molecule has 0 bridgehead atoms. The van der Waals surface area contributed by atoms with Gasteiger partial charge in [0.2, 0.25) is 0 Å². The Kier molecular flexibility index (Phi) is 6.45. The number of aromatic nitrogens is 1. The standard InChI is InChI=1S/C22H19ClF3NO6/c1-11(14-5-3-12(9-15(14)23)17(28)6-8-19(29)30)21(32,22(24,25)26)13-4-7-18-16(10-13)27(2)20(31)33-18/h3-5,7,9-11,32H,6,8H2,1-2H3,(H,29,30)/t11-,21-/m1/s1. The first-order chi connectivity index (χ1) is 15.3. The van der Waals surface area contributed by atoms with Gasteiger partial charge in [-0.25, -0.2) is 4.79 Å². The van der Waals surface area contributed by atoms with Crippen molar-refractivity contribution in [2.75, 3.05) is 0 Å². The first-order valence-electron chi connectivity index (χ1n) is 9.71. The van der Waals surface area contributed by atoms with Crippen LogP contribution in [0, 0.1) is 0 Å². The lowest BCUT2D eigenvalue weighted by Crippen LogP contribution is -2.46. The number of aryl methyl sites for hydroxylation is 1. The Labute approximate surface area is 190 Å². The van der Waals surface area contributed by atoms with Crippen molar-refractivity contribution in [2.45, 2.75) is 37.5 Å². The van der Waals surface area contributed by atoms with Crippen LogP contribution in [0.1, 0.15) is 47.2 Å². The summed E-state index contributed by atoms with van der Waals surface area (Å²) < 4.78 is 48.7. The molecule has 0 aliphatic rings. The van der Waals surface area contributed by atoms with Crippen molar-refractivity contribution in [3.8, 4) is 0 Å². The lowest BCUT2D eigenvalue weighted by molar-refractivity contribution is -0.274. The molecule has 2 aromatic carbocycles. The van der Waals surface area contributed by atoms with E-state index >= 15 is 0 Å². The molecule has 1 heterocycles. The summed E-state index contributed by atoms with van der Waals surface area (Å²) in [5.74, 6) is -4.08. The molecular formula is C22H19ClF3NO6. The third-order valence-electron chi connectivity index (χ3n) is 5.65. The van der Waals surface area contributed by atoms with Crippen LogP contribution in [0.25, 0.3) is 11.1 Å². The quantitative estimate of drug-likeness (QED) is 0.480. The first kappa shape index (κ1) is 24.5. The normalized spacial score (nSPS) is 14.8. The molecule has 0 aliphatic heterocycles. The number of carboxylic acids is 1. The summed E-state index contributed by atoms with van der Waals surface area (Å²) in [4.78, 5) is 34.5. The Bertz CT molecular complexity index is 1300. The zero-order chi connectivity index (χ0) is 24.7. The number of benzene rings is 2. The summed E-state index contributed by atoms with van der Waals surface area (Å²) in [5, 5.41) is 19.5. The van der Waals surface area contributed by atoms with Crippen molar-refractivity contribution in [1.29, 1.82) is 0 Å². The number of fused-ring (bicyclic) bond motifs is 1. The van der Waals surface area contributed by atoms with Gasteiger partial charge in [0.05, 0.1) is 11.9 Å². The Balaban J connectivity index is 2.07. The maximum atomic E-state index is 14.3. The number of aliphatic carboxylic acids is 1. The van der Waals surface area contributed by atoms with Gasteiger partial charge >= 0.3 is 17.9 Å². The number of rotatable bonds is 7. The number of ketones is 1. The molecule has 0 saturated heterocycles. The van der Waals surface area contributed by atoms with Crippen LogP contribution in [0.15, 0.2) is 45.6 Å². The fourth-order valence-corrected chi connectivity index (χ4v) is 4.01. The van der Waals surface area contributed by atoms with E-state index in [0.29, 0.717) is 0 Å². The Morgan fingerprint density at radius 3 is 2.39 bits per heavy atom. The van der Waals surface area contributed by atoms with Crippen LogP contribution in [0.3, 0.4) is 0 Å². The average molecular weight is 486 g/mol. The summed E-state index contributed by atoms with van der Waals surface area (Å²) in [7, 11) is 1.32. The Morgan fingerprint density at radius 1 is 1.15 bits per heavy atom. The van der Waals surface area contributed by atoms with Crippen LogP contribution in [0.2, 0.25) is 5.02 Å². The highest BCUT2D eigenvalue weighted by Crippen LogP contribution is 2.50. The van der Waals surface area contributed by atoms with Crippen LogP contribution >= 0.6 is 11.6 Å². The second kappa shape index (κ2) is 8.68. The highest BCUT2D eigenvalue weighted by atomic mass is 35.5. The Hall–Kier alpha value is -3.11. The van der Waals surface area contributed by atoms with Crippen molar-refractivity contribution in [3.05, 3.63) is 68.7 Å². The van der Waals surface area contributed by atoms with Crippen LogP contribution in [-0.4, -0.2) is 32.7 Å². The molecule has 0 radical (unpaired) electrons. The number of halogens is 4. The topological polar surface area (TPSA) is 110 Å². The number of oxazole rings is 1. The molecule has 2 N–H and O–H groups in total. The number of alkyl halides is 3. The van der Waals surface area contributed by atoms with E-state index in [4.69, 9.17) is 21.1 Å². The van der Waals surface area contributed by atoms with Crippen molar-refractivity contribution in [1.82, 2.24) is 4.57 Å². The molecule has 0 amide bonds. The zero-order valence-corrected chi connectivity index (χ0v) is 18.2. The molecule has 11 heteroatoms. The van der Waals surface area contributed by atoms with Gasteiger partial charge in [-0.3, -0.25) is 14.2 Å². The summed E-state index contributed by atoms with van der Waals surface area (Å²) in [5.41, 5.74) is -3.82. The lowest BCUT2D eigenvalue weighted by atomic mass is 9.77. The maximum absolute atomic E-state index is 14.3. The van der Waals surface area contributed by atoms with Crippen molar-refractivity contribution in [2.24, 2.45) is 7.05 Å². The van der Waals surface area contributed by atoms with Gasteiger partial charge in [0, 0.05) is 30.0 Å². The molecule has 2 atom stereocenters. The zero-order valence-electron chi connectivity index (χ0n) is 17.4. The van der Waals surface area contributed by atoms with Gasteiger partial charge in [0.1, 0.15) is 0 Å². The first-order valence-corrected chi connectivity index (χ1v) is 10.1. The Morgan fingerprint density at radius 2 is 1.82 bits per heavy atom. The van der Waals surface area contributed by atoms with Gasteiger partial charge in [0.25, 0.3) is 0 Å². The number of Topliss-reactive ketones (excluding diaryl/α,β-unsaturated/α-hetero) is 1. The number of nitrogens with zero attached hydrogens (tertiary/aromatic N) is 1. The monoisotopic (exact) mass is 485 g/mol. The summed E-state index contributed by atoms with van der Waals surface area (Å²) in [6, 6.07) is 6.80. The van der Waals surface area contributed by atoms with E-state index in [2.05, 4.69) is 0 Å². The van der Waals surface area contributed by atoms with Crippen molar-refractivity contribution < 1.29 is 37.4 Å². The third kappa shape index (κ3) is 4.40. The van der Waals surface area contributed by atoms with Gasteiger partial charge in [-0.15, -0.1) is 0 Å². The average Bonchev–Trinajstić information content (AvgIpc) is 3.03. The van der Waals surface area contributed by atoms with Crippen molar-refractivity contribution >= 4 is 34.5 Å². The fourth-order valence-electron chi connectivity index (χ4n) is 3.66. The molecule has 33 heavy (non-hydrogen) atoms. The van der Waals surface area contributed by atoms with E-state index in [0.717, 1.165) is 29.7 Å². The number of carbonyl (C=O) groups excluding carboxylic acids is 1. The minimum absolute atomic E-state index is 0.0440. The van der Waals surface area contributed by atoms with E-state index in [1.165, 1.54) is 25.2 Å². The van der Waals surface area contributed by atoms with E-state index in [1.807, 2.05) is 0 Å². The molecule has 3 aromatic rings. The molecule has 0 unspecified atom stereocenters. The van der Waals surface area contributed by atoms with Gasteiger partial charge in [-0.05, 0) is 29.3 Å².